The van der Waals surface area contributed by atoms with Crippen LogP contribution in [0.1, 0.15) is 61.3 Å². The number of aryl methyl sites for hydroxylation is 2. The smallest absolute Gasteiger partial charge is 0.147 e. The van der Waals surface area contributed by atoms with Gasteiger partial charge in [0.15, 0.2) is 0 Å². The summed E-state index contributed by atoms with van der Waals surface area (Å²) in [6.45, 7) is 6.93. The standard InChI is InChI=1S/C17H27N7/c1-12-18-13(2)24(21-12)10-15-6-4-5-9-23(15)11-16-19-20-17(22(16)3)14-7-8-14/h14-15H,4-11H2,1-3H3. The minimum Gasteiger partial charge on any atom is -0.317 e. The van der Waals surface area contributed by atoms with E-state index in [1.54, 1.807) is 0 Å². The van der Waals surface area contributed by atoms with Gasteiger partial charge in [0.05, 0.1) is 13.1 Å². The molecule has 3 heterocycles. The van der Waals surface area contributed by atoms with Crippen LogP contribution in [-0.4, -0.2) is 47.0 Å². The van der Waals surface area contributed by atoms with E-state index in [4.69, 9.17) is 0 Å². The van der Waals surface area contributed by atoms with Gasteiger partial charge in [-0.25, -0.2) is 9.67 Å². The Morgan fingerprint density at radius 3 is 2.62 bits per heavy atom. The molecular weight excluding hydrogens is 302 g/mol. The molecule has 1 saturated heterocycles. The van der Waals surface area contributed by atoms with Gasteiger partial charge in [-0.15, -0.1) is 10.2 Å². The molecule has 7 nitrogen and oxygen atoms in total. The van der Waals surface area contributed by atoms with Crippen molar-refractivity contribution in [3.05, 3.63) is 23.3 Å². The van der Waals surface area contributed by atoms with E-state index in [2.05, 4.69) is 41.5 Å². The SMILES string of the molecule is Cc1nc(C)n(CC2CCCCN2Cc2nnc(C3CC3)n2C)n1. The van der Waals surface area contributed by atoms with Gasteiger partial charge in [-0.2, -0.15) is 5.10 Å². The topological polar surface area (TPSA) is 64.7 Å². The van der Waals surface area contributed by atoms with Crippen molar-refractivity contribution < 1.29 is 0 Å². The van der Waals surface area contributed by atoms with E-state index in [1.165, 1.54) is 37.9 Å². The molecule has 2 aromatic rings. The molecule has 7 heteroatoms. The molecular formula is C17H27N7. The predicted octanol–water partition coefficient (Wildman–Crippen LogP) is 1.96. The van der Waals surface area contributed by atoms with Crippen molar-refractivity contribution in [2.75, 3.05) is 6.54 Å². The second-order valence-electron chi connectivity index (χ2n) is 7.32. The molecule has 4 rings (SSSR count). The highest BCUT2D eigenvalue weighted by atomic mass is 15.4. The van der Waals surface area contributed by atoms with Crippen molar-refractivity contribution in [2.24, 2.45) is 7.05 Å². The van der Waals surface area contributed by atoms with Gasteiger partial charge in [0.1, 0.15) is 23.3 Å². The maximum Gasteiger partial charge on any atom is 0.147 e. The van der Waals surface area contributed by atoms with Crippen LogP contribution in [0, 0.1) is 13.8 Å². The maximum atomic E-state index is 4.54. The summed E-state index contributed by atoms with van der Waals surface area (Å²) in [6.07, 6.45) is 6.30. The Hall–Kier alpha value is -1.76. The van der Waals surface area contributed by atoms with Crippen LogP contribution in [0.4, 0.5) is 0 Å². The van der Waals surface area contributed by atoms with E-state index in [9.17, 15) is 0 Å². The average Bonchev–Trinajstić information content (AvgIpc) is 3.26. The first-order valence-corrected chi connectivity index (χ1v) is 9.12. The van der Waals surface area contributed by atoms with Crippen LogP contribution in [-0.2, 0) is 20.1 Å². The number of nitrogens with zero attached hydrogens (tertiary/aromatic N) is 7. The van der Waals surface area contributed by atoms with Gasteiger partial charge in [-0.05, 0) is 46.1 Å². The summed E-state index contributed by atoms with van der Waals surface area (Å²) in [5.41, 5.74) is 0. The van der Waals surface area contributed by atoms with E-state index >= 15 is 0 Å². The Morgan fingerprint density at radius 2 is 1.92 bits per heavy atom. The lowest BCUT2D eigenvalue weighted by Gasteiger charge is -2.35. The Morgan fingerprint density at radius 1 is 1.08 bits per heavy atom. The summed E-state index contributed by atoms with van der Waals surface area (Å²) < 4.78 is 4.28. The summed E-state index contributed by atoms with van der Waals surface area (Å²) >= 11 is 0. The van der Waals surface area contributed by atoms with Gasteiger partial charge in [0.25, 0.3) is 0 Å². The number of likely N-dealkylation sites (tertiary alicyclic amines) is 1. The van der Waals surface area contributed by atoms with Crippen molar-refractivity contribution >= 4 is 0 Å². The molecule has 0 aromatic carbocycles. The summed E-state index contributed by atoms with van der Waals surface area (Å²) in [5.74, 6) is 4.77. The van der Waals surface area contributed by atoms with Crippen molar-refractivity contribution in [2.45, 2.75) is 71.0 Å². The average molecular weight is 329 g/mol. The fourth-order valence-corrected chi connectivity index (χ4v) is 3.80. The summed E-state index contributed by atoms with van der Waals surface area (Å²) in [4.78, 5) is 6.99. The number of aromatic nitrogens is 6. The minimum absolute atomic E-state index is 0.500. The van der Waals surface area contributed by atoms with E-state index in [0.717, 1.165) is 37.1 Å². The fraction of sp³-hybridized carbons (Fsp3) is 0.765. The number of hydrogen-bond acceptors (Lipinski definition) is 5. The first-order chi connectivity index (χ1) is 11.6. The van der Waals surface area contributed by atoms with Gasteiger partial charge < -0.3 is 4.57 Å². The fourth-order valence-electron chi connectivity index (χ4n) is 3.80. The molecule has 1 atom stereocenters. The van der Waals surface area contributed by atoms with E-state index in [-0.39, 0.29) is 0 Å². The number of piperidine rings is 1. The van der Waals surface area contributed by atoms with Crippen molar-refractivity contribution in [1.29, 1.82) is 0 Å². The van der Waals surface area contributed by atoms with Crippen LogP contribution in [0.15, 0.2) is 0 Å². The van der Waals surface area contributed by atoms with Crippen LogP contribution >= 0.6 is 0 Å². The van der Waals surface area contributed by atoms with Gasteiger partial charge in [0.2, 0.25) is 0 Å². The van der Waals surface area contributed by atoms with Crippen LogP contribution in [0.3, 0.4) is 0 Å². The van der Waals surface area contributed by atoms with Crippen LogP contribution in [0.2, 0.25) is 0 Å². The molecule has 24 heavy (non-hydrogen) atoms. The van der Waals surface area contributed by atoms with E-state index in [0.29, 0.717) is 12.0 Å². The molecule has 0 amide bonds. The minimum atomic E-state index is 0.500. The Bertz CT molecular complexity index is 713. The number of hydrogen-bond donors (Lipinski definition) is 0. The normalized spacial score (nSPS) is 22.2. The molecule has 1 aliphatic heterocycles. The summed E-state index contributed by atoms with van der Waals surface area (Å²) in [7, 11) is 2.12. The lowest BCUT2D eigenvalue weighted by atomic mass is 10.0. The Kier molecular flexibility index (Phi) is 4.12. The number of rotatable bonds is 5. The molecule has 1 aliphatic carbocycles. The van der Waals surface area contributed by atoms with Crippen LogP contribution in [0.25, 0.3) is 0 Å². The first kappa shape index (κ1) is 15.7. The third kappa shape index (κ3) is 3.09. The van der Waals surface area contributed by atoms with Gasteiger partial charge >= 0.3 is 0 Å². The molecule has 0 N–H and O–H groups in total. The highest BCUT2D eigenvalue weighted by Gasteiger charge is 2.30. The molecule has 2 aliphatic rings. The third-order valence-electron chi connectivity index (χ3n) is 5.38. The zero-order valence-electron chi connectivity index (χ0n) is 14.9. The lowest BCUT2D eigenvalue weighted by Crippen LogP contribution is -2.42. The Labute approximate surface area is 143 Å². The quantitative estimate of drug-likeness (QED) is 0.839. The molecule has 1 unspecified atom stereocenters. The first-order valence-electron chi connectivity index (χ1n) is 9.12. The lowest BCUT2D eigenvalue weighted by molar-refractivity contribution is 0.117. The van der Waals surface area contributed by atoms with Crippen molar-refractivity contribution in [3.63, 3.8) is 0 Å². The monoisotopic (exact) mass is 329 g/mol. The van der Waals surface area contributed by atoms with E-state index < -0.39 is 0 Å². The molecule has 0 bridgehead atoms. The molecule has 2 fully saturated rings. The van der Waals surface area contributed by atoms with Crippen molar-refractivity contribution in [3.8, 4) is 0 Å². The molecule has 2 aromatic heterocycles. The van der Waals surface area contributed by atoms with Gasteiger partial charge in [-0.1, -0.05) is 6.42 Å². The van der Waals surface area contributed by atoms with E-state index in [1.807, 2.05) is 13.8 Å². The molecule has 0 spiro atoms. The predicted molar refractivity (Wildman–Crippen MR) is 90.5 cm³/mol. The van der Waals surface area contributed by atoms with Gasteiger partial charge in [-0.3, -0.25) is 4.90 Å². The highest BCUT2D eigenvalue weighted by Crippen LogP contribution is 2.38. The van der Waals surface area contributed by atoms with Gasteiger partial charge in [0, 0.05) is 19.0 Å². The summed E-state index contributed by atoms with van der Waals surface area (Å²) in [6, 6.07) is 0.500. The van der Waals surface area contributed by atoms with Crippen LogP contribution < -0.4 is 0 Å². The third-order valence-corrected chi connectivity index (χ3v) is 5.38. The second-order valence-corrected chi connectivity index (χ2v) is 7.32. The second kappa shape index (κ2) is 6.27. The van der Waals surface area contributed by atoms with Crippen LogP contribution in [0.5, 0.6) is 0 Å². The van der Waals surface area contributed by atoms with Crippen molar-refractivity contribution in [1.82, 2.24) is 34.4 Å². The highest BCUT2D eigenvalue weighted by molar-refractivity contribution is 5.08. The zero-order valence-corrected chi connectivity index (χ0v) is 14.9. The zero-order chi connectivity index (χ0) is 16.7. The summed E-state index contributed by atoms with van der Waals surface area (Å²) in [5, 5.41) is 13.4. The maximum absolute atomic E-state index is 4.54. The molecule has 1 saturated carbocycles. The molecule has 130 valence electrons. The largest absolute Gasteiger partial charge is 0.317 e. The Balaban J connectivity index is 1.48. The molecule has 0 radical (unpaired) electrons.